The molecule has 2 aliphatic heterocycles. The second-order valence-corrected chi connectivity index (χ2v) is 7.79. The summed E-state index contributed by atoms with van der Waals surface area (Å²) in [5, 5.41) is 13.5. The van der Waals surface area contributed by atoms with Gasteiger partial charge in [0.05, 0.1) is 17.5 Å². The van der Waals surface area contributed by atoms with Crippen molar-refractivity contribution < 1.29 is 14.6 Å². The van der Waals surface area contributed by atoms with Gasteiger partial charge in [-0.05, 0) is 36.2 Å². The number of aromatic nitrogens is 2. The van der Waals surface area contributed by atoms with Crippen LogP contribution >= 0.6 is 0 Å². The lowest BCUT2D eigenvalue weighted by atomic mass is 9.89. The molecule has 1 aromatic heterocycles. The molecule has 5 rings (SSSR count). The predicted octanol–water partition coefficient (Wildman–Crippen LogP) is 1.44. The van der Waals surface area contributed by atoms with E-state index in [-0.39, 0.29) is 24.7 Å². The Balaban J connectivity index is 1.45. The highest BCUT2D eigenvalue weighted by molar-refractivity contribution is 5.98. The zero-order chi connectivity index (χ0) is 20.0. The Morgan fingerprint density at radius 2 is 2.14 bits per heavy atom. The first-order valence-electron chi connectivity index (χ1n) is 9.76. The summed E-state index contributed by atoms with van der Waals surface area (Å²) in [6.45, 7) is 0.639. The monoisotopic (exact) mass is 391 g/mol. The van der Waals surface area contributed by atoms with Gasteiger partial charge < -0.3 is 15.2 Å². The minimum absolute atomic E-state index is 0.0569. The van der Waals surface area contributed by atoms with E-state index in [1.54, 1.807) is 22.8 Å². The molecule has 0 saturated heterocycles. The summed E-state index contributed by atoms with van der Waals surface area (Å²) >= 11 is 0. The molecule has 3 aromatic rings. The van der Waals surface area contributed by atoms with Crippen molar-refractivity contribution in [2.45, 2.75) is 31.3 Å². The fourth-order valence-corrected chi connectivity index (χ4v) is 4.18. The van der Waals surface area contributed by atoms with Crippen molar-refractivity contribution in [1.82, 2.24) is 14.9 Å². The summed E-state index contributed by atoms with van der Waals surface area (Å²) in [6, 6.07) is 12.5. The largest absolute Gasteiger partial charge is 0.491 e. The number of aryl methyl sites for hydroxylation is 1. The number of fused-ring (bicyclic) bond motifs is 3. The van der Waals surface area contributed by atoms with E-state index in [1.807, 2.05) is 24.3 Å². The lowest BCUT2D eigenvalue weighted by Gasteiger charge is -2.37. The van der Waals surface area contributed by atoms with Crippen molar-refractivity contribution in [3.63, 3.8) is 0 Å². The summed E-state index contributed by atoms with van der Waals surface area (Å²) in [6.07, 6.45) is 2.16. The van der Waals surface area contributed by atoms with E-state index in [0.29, 0.717) is 29.4 Å². The van der Waals surface area contributed by atoms with Crippen molar-refractivity contribution in [3.05, 3.63) is 69.8 Å². The van der Waals surface area contributed by atoms with E-state index >= 15 is 0 Å². The van der Waals surface area contributed by atoms with Crippen LogP contribution in [0.4, 0.5) is 0 Å². The number of aliphatic hydroxyl groups excluding tert-OH is 1. The Hall–Kier alpha value is -3.19. The smallest absolute Gasteiger partial charge is 0.261 e. The molecule has 2 aromatic carbocycles. The molecule has 0 radical (unpaired) electrons. The molecule has 0 saturated carbocycles. The summed E-state index contributed by atoms with van der Waals surface area (Å²) in [7, 11) is 0. The van der Waals surface area contributed by atoms with Gasteiger partial charge in [-0.2, -0.15) is 0 Å². The van der Waals surface area contributed by atoms with Gasteiger partial charge in [-0.15, -0.1) is 0 Å². The second-order valence-electron chi connectivity index (χ2n) is 7.79. The van der Waals surface area contributed by atoms with Gasteiger partial charge >= 0.3 is 0 Å². The average Bonchev–Trinajstić information content (AvgIpc) is 3.22. The molecule has 3 heterocycles. The van der Waals surface area contributed by atoms with Gasteiger partial charge in [-0.1, -0.05) is 18.2 Å². The van der Waals surface area contributed by atoms with Crippen LogP contribution in [0.25, 0.3) is 10.9 Å². The molecule has 148 valence electrons. The highest BCUT2D eigenvalue weighted by Crippen LogP contribution is 2.29. The maximum Gasteiger partial charge on any atom is 0.261 e. The van der Waals surface area contributed by atoms with Gasteiger partial charge in [0.1, 0.15) is 23.7 Å². The van der Waals surface area contributed by atoms with Crippen molar-refractivity contribution >= 4 is 16.8 Å². The zero-order valence-electron chi connectivity index (χ0n) is 15.9. The highest BCUT2D eigenvalue weighted by atomic mass is 16.5. The second kappa shape index (κ2) is 6.70. The number of nitrogens with one attached hydrogen (secondary N) is 1. The third-order valence-electron chi connectivity index (χ3n) is 5.77. The highest BCUT2D eigenvalue weighted by Gasteiger charge is 2.37. The van der Waals surface area contributed by atoms with Crippen LogP contribution in [0.1, 0.15) is 28.2 Å². The number of hydrogen-bond donors (Lipinski definition) is 2. The summed E-state index contributed by atoms with van der Waals surface area (Å²) in [4.78, 5) is 30.2. The Kier molecular flexibility index (Phi) is 4.13. The van der Waals surface area contributed by atoms with Crippen molar-refractivity contribution in [2.24, 2.45) is 0 Å². The zero-order valence-corrected chi connectivity index (χ0v) is 15.9. The van der Waals surface area contributed by atoms with Gasteiger partial charge in [0.25, 0.3) is 11.5 Å². The third-order valence-corrected chi connectivity index (χ3v) is 5.77. The summed E-state index contributed by atoms with van der Waals surface area (Å²) < 4.78 is 7.48. The van der Waals surface area contributed by atoms with Crippen molar-refractivity contribution in [3.8, 4) is 5.75 Å². The molecule has 2 N–H and O–H groups in total. The Labute approximate surface area is 167 Å². The van der Waals surface area contributed by atoms with Crippen molar-refractivity contribution in [2.75, 3.05) is 13.2 Å². The quantitative estimate of drug-likeness (QED) is 0.705. The van der Waals surface area contributed by atoms with Crippen LogP contribution in [0.5, 0.6) is 5.75 Å². The minimum Gasteiger partial charge on any atom is -0.491 e. The van der Waals surface area contributed by atoms with E-state index in [0.717, 1.165) is 30.0 Å². The molecular formula is C22H21N3O4. The first kappa shape index (κ1) is 17.9. The van der Waals surface area contributed by atoms with Gasteiger partial charge in [0.2, 0.25) is 0 Å². The van der Waals surface area contributed by atoms with Gasteiger partial charge in [0, 0.05) is 24.9 Å². The normalized spacial score (nSPS) is 20.0. The van der Waals surface area contributed by atoms with Gasteiger partial charge in [-0.3, -0.25) is 14.2 Å². The molecular weight excluding hydrogens is 370 g/mol. The molecule has 0 fully saturated rings. The van der Waals surface area contributed by atoms with Crippen molar-refractivity contribution in [1.29, 1.82) is 0 Å². The van der Waals surface area contributed by atoms with E-state index < -0.39 is 5.54 Å². The van der Waals surface area contributed by atoms with Crippen LogP contribution in [0.3, 0.4) is 0 Å². The molecule has 7 nitrogen and oxygen atoms in total. The SMILES string of the molecule is O=C(NC1(CO)COc2ccccc2C1)c1ccc2c(=O)n3c(nc2c1)CCC3. The number of benzene rings is 2. The lowest BCUT2D eigenvalue weighted by molar-refractivity contribution is 0.0653. The van der Waals surface area contributed by atoms with Crippen LogP contribution in [0.15, 0.2) is 47.3 Å². The number of rotatable bonds is 3. The van der Waals surface area contributed by atoms with Crippen LogP contribution in [-0.4, -0.2) is 39.3 Å². The van der Waals surface area contributed by atoms with Gasteiger partial charge in [0.15, 0.2) is 0 Å². The van der Waals surface area contributed by atoms with E-state index in [4.69, 9.17) is 4.74 Å². The van der Waals surface area contributed by atoms with Crippen LogP contribution in [0.2, 0.25) is 0 Å². The molecule has 0 spiro atoms. The minimum atomic E-state index is -0.898. The Bertz CT molecular complexity index is 1190. The number of ether oxygens (including phenoxy) is 1. The average molecular weight is 391 g/mol. The Morgan fingerprint density at radius 3 is 3.00 bits per heavy atom. The maximum atomic E-state index is 13.0. The van der Waals surface area contributed by atoms with Gasteiger partial charge in [-0.25, -0.2) is 4.98 Å². The number of carbonyl (C=O) groups is 1. The number of amides is 1. The van der Waals surface area contributed by atoms with E-state index in [2.05, 4.69) is 10.3 Å². The molecule has 0 bridgehead atoms. The summed E-state index contributed by atoms with van der Waals surface area (Å²) in [5.74, 6) is 1.21. The third kappa shape index (κ3) is 2.98. The molecule has 1 atom stereocenters. The molecule has 1 amide bonds. The Morgan fingerprint density at radius 1 is 1.28 bits per heavy atom. The number of carbonyl (C=O) groups excluding carboxylic acids is 1. The van der Waals surface area contributed by atoms with Crippen LogP contribution < -0.4 is 15.6 Å². The number of hydrogen-bond acceptors (Lipinski definition) is 5. The molecule has 29 heavy (non-hydrogen) atoms. The first-order valence-corrected chi connectivity index (χ1v) is 9.76. The topological polar surface area (TPSA) is 93.5 Å². The number of nitrogens with zero attached hydrogens (tertiary/aromatic N) is 2. The lowest BCUT2D eigenvalue weighted by Crippen LogP contribution is -2.58. The fraction of sp³-hybridized carbons (Fsp3) is 0.318. The fourth-order valence-electron chi connectivity index (χ4n) is 4.18. The standard InChI is InChI=1S/C22H21N3O4/c26-12-22(11-15-4-1-2-5-18(15)29-13-22)24-20(27)14-7-8-16-17(10-14)23-19-6-3-9-25(19)21(16)28/h1-2,4-5,7-8,10,26H,3,6,9,11-13H2,(H,24,27). The maximum absolute atomic E-state index is 13.0. The number of aliphatic hydroxyl groups is 1. The predicted molar refractivity (Wildman–Crippen MR) is 107 cm³/mol. The van der Waals surface area contributed by atoms with E-state index in [9.17, 15) is 14.7 Å². The first-order chi connectivity index (χ1) is 14.1. The molecule has 2 aliphatic rings. The summed E-state index contributed by atoms with van der Waals surface area (Å²) in [5.41, 5.74) is 0.916. The van der Waals surface area contributed by atoms with E-state index in [1.165, 1.54) is 0 Å². The molecule has 1 unspecified atom stereocenters. The van der Waals surface area contributed by atoms with Crippen LogP contribution in [-0.2, 0) is 19.4 Å². The number of para-hydroxylation sites is 1. The molecule has 0 aliphatic carbocycles. The molecule has 7 heteroatoms. The van der Waals surface area contributed by atoms with Crippen LogP contribution in [0, 0.1) is 0 Å².